The van der Waals surface area contributed by atoms with Crippen LogP contribution < -0.4 is 0 Å². The third kappa shape index (κ3) is 4.38. The van der Waals surface area contributed by atoms with Crippen LogP contribution in [0, 0.1) is 17.0 Å². The van der Waals surface area contributed by atoms with Gasteiger partial charge in [-0.25, -0.2) is 4.98 Å². The van der Waals surface area contributed by atoms with Crippen LogP contribution in [-0.2, 0) is 16.1 Å². The summed E-state index contributed by atoms with van der Waals surface area (Å²) in [6, 6.07) is 11.8. The zero-order chi connectivity index (χ0) is 23.5. The highest BCUT2D eigenvalue weighted by molar-refractivity contribution is 6.46. The second-order valence-corrected chi connectivity index (χ2v) is 7.86. The number of benzene rings is 2. The van der Waals surface area contributed by atoms with Crippen molar-refractivity contribution in [2.75, 3.05) is 6.54 Å². The summed E-state index contributed by atoms with van der Waals surface area (Å²) in [6.07, 6.45) is 5.68. The van der Waals surface area contributed by atoms with Gasteiger partial charge in [0.05, 0.1) is 22.9 Å². The average Bonchev–Trinajstić information content (AvgIpc) is 3.41. The van der Waals surface area contributed by atoms with Crippen molar-refractivity contribution in [2.45, 2.75) is 25.9 Å². The van der Waals surface area contributed by atoms with E-state index >= 15 is 0 Å². The summed E-state index contributed by atoms with van der Waals surface area (Å²) < 4.78 is 1.86. The summed E-state index contributed by atoms with van der Waals surface area (Å²) in [4.78, 5) is 41.9. The SMILES string of the molecule is Cc1ccc(C(O)=C2C(=O)C(=O)N(CCCn3ccnc3)[C@@H]2c2ccc([N+](=O)[O-])cc2)cc1. The molecule has 1 aliphatic rings. The number of nitro groups is 1. The highest BCUT2D eigenvalue weighted by Crippen LogP contribution is 2.39. The Kier molecular flexibility index (Phi) is 6.03. The maximum absolute atomic E-state index is 13.0. The van der Waals surface area contributed by atoms with Crippen molar-refractivity contribution in [3.8, 4) is 0 Å². The van der Waals surface area contributed by atoms with E-state index < -0.39 is 22.7 Å². The Morgan fingerprint density at radius 2 is 1.79 bits per heavy atom. The molecular formula is C24H22N4O5. The molecular weight excluding hydrogens is 424 g/mol. The van der Waals surface area contributed by atoms with E-state index in [2.05, 4.69) is 4.98 Å². The highest BCUT2D eigenvalue weighted by atomic mass is 16.6. The summed E-state index contributed by atoms with van der Waals surface area (Å²) >= 11 is 0. The van der Waals surface area contributed by atoms with Gasteiger partial charge >= 0.3 is 0 Å². The van der Waals surface area contributed by atoms with E-state index in [4.69, 9.17) is 0 Å². The molecule has 4 rings (SSSR count). The van der Waals surface area contributed by atoms with Crippen molar-refractivity contribution in [3.63, 3.8) is 0 Å². The van der Waals surface area contributed by atoms with Gasteiger partial charge in [-0.05, 0) is 31.0 Å². The molecule has 0 spiro atoms. The predicted molar refractivity (Wildman–Crippen MR) is 120 cm³/mol. The van der Waals surface area contributed by atoms with Crippen molar-refractivity contribution in [3.05, 3.63) is 99.6 Å². The molecule has 1 saturated heterocycles. The quantitative estimate of drug-likeness (QED) is 0.195. The number of Topliss-reactive ketones (excluding diaryl/α,β-unsaturated/α-hetero) is 1. The van der Waals surface area contributed by atoms with E-state index in [-0.39, 0.29) is 23.6 Å². The molecule has 168 valence electrons. The van der Waals surface area contributed by atoms with Gasteiger partial charge in [-0.1, -0.05) is 29.8 Å². The Morgan fingerprint density at radius 1 is 1.09 bits per heavy atom. The van der Waals surface area contributed by atoms with Gasteiger partial charge in [0.2, 0.25) is 0 Å². The lowest BCUT2D eigenvalue weighted by molar-refractivity contribution is -0.384. The number of carbonyl (C=O) groups excluding carboxylic acids is 2. The Labute approximate surface area is 189 Å². The summed E-state index contributed by atoms with van der Waals surface area (Å²) in [5.74, 6) is -1.76. The Balaban J connectivity index is 1.74. The molecule has 0 saturated carbocycles. The van der Waals surface area contributed by atoms with Crippen LogP contribution >= 0.6 is 0 Å². The van der Waals surface area contributed by atoms with Gasteiger partial charge in [-0.2, -0.15) is 0 Å². The van der Waals surface area contributed by atoms with Gasteiger partial charge in [0.25, 0.3) is 17.4 Å². The Morgan fingerprint density at radius 3 is 2.39 bits per heavy atom. The number of aryl methyl sites for hydroxylation is 2. The number of aliphatic hydroxyl groups is 1. The van der Waals surface area contributed by atoms with E-state index in [1.165, 1.54) is 29.2 Å². The first-order valence-corrected chi connectivity index (χ1v) is 10.4. The normalized spacial score (nSPS) is 17.5. The van der Waals surface area contributed by atoms with E-state index in [1.807, 2.05) is 11.5 Å². The summed E-state index contributed by atoms with van der Waals surface area (Å²) in [6.45, 7) is 2.75. The van der Waals surface area contributed by atoms with Crippen molar-refractivity contribution in [2.24, 2.45) is 0 Å². The minimum atomic E-state index is -0.852. The van der Waals surface area contributed by atoms with Crippen LogP contribution in [0.1, 0.15) is 29.2 Å². The maximum Gasteiger partial charge on any atom is 0.295 e. The van der Waals surface area contributed by atoms with Crippen molar-refractivity contribution in [1.82, 2.24) is 14.5 Å². The number of rotatable bonds is 7. The molecule has 2 heterocycles. The zero-order valence-electron chi connectivity index (χ0n) is 17.9. The Bertz CT molecular complexity index is 1210. The van der Waals surface area contributed by atoms with Crippen LogP contribution in [0.4, 0.5) is 5.69 Å². The molecule has 3 aromatic rings. The first-order valence-electron chi connectivity index (χ1n) is 10.4. The monoisotopic (exact) mass is 446 g/mol. The van der Waals surface area contributed by atoms with Crippen molar-refractivity contribution >= 4 is 23.1 Å². The highest BCUT2D eigenvalue weighted by Gasteiger charge is 2.45. The minimum absolute atomic E-state index is 0.0275. The number of aliphatic hydroxyl groups excluding tert-OH is 1. The lowest BCUT2D eigenvalue weighted by Crippen LogP contribution is -2.31. The molecule has 1 N–H and O–H groups in total. The second-order valence-electron chi connectivity index (χ2n) is 7.86. The molecule has 1 atom stereocenters. The minimum Gasteiger partial charge on any atom is -0.507 e. The smallest absolute Gasteiger partial charge is 0.295 e. The lowest BCUT2D eigenvalue weighted by Gasteiger charge is -2.25. The van der Waals surface area contributed by atoms with Gasteiger partial charge in [-0.15, -0.1) is 0 Å². The fourth-order valence-electron chi connectivity index (χ4n) is 3.95. The maximum atomic E-state index is 13.0. The Hall–Kier alpha value is -4.27. The fraction of sp³-hybridized carbons (Fsp3) is 0.208. The average molecular weight is 446 g/mol. The molecule has 0 aliphatic carbocycles. The first kappa shape index (κ1) is 21.9. The van der Waals surface area contributed by atoms with Gasteiger partial charge in [-0.3, -0.25) is 19.7 Å². The van der Waals surface area contributed by atoms with Gasteiger partial charge in [0, 0.05) is 43.2 Å². The predicted octanol–water partition coefficient (Wildman–Crippen LogP) is 3.61. The third-order valence-corrected chi connectivity index (χ3v) is 5.66. The van der Waals surface area contributed by atoms with Gasteiger partial charge in [0.15, 0.2) is 0 Å². The largest absolute Gasteiger partial charge is 0.507 e. The third-order valence-electron chi connectivity index (χ3n) is 5.66. The number of carbonyl (C=O) groups is 2. The van der Waals surface area contributed by atoms with E-state index in [0.717, 1.165) is 5.56 Å². The fourth-order valence-corrected chi connectivity index (χ4v) is 3.95. The number of hydrogen-bond acceptors (Lipinski definition) is 6. The number of hydrogen-bond donors (Lipinski definition) is 1. The number of aromatic nitrogens is 2. The molecule has 0 radical (unpaired) electrons. The summed E-state index contributed by atoms with van der Waals surface area (Å²) in [7, 11) is 0. The number of likely N-dealkylation sites (tertiary alicyclic amines) is 1. The molecule has 0 bridgehead atoms. The molecule has 9 nitrogen and oxygen atoms in total. The van der Waals surface area contributed by atoms with Crippen molar-refractivity contribution < 1.29 is 19.6 Å². The van der Waals surface area contributed by atoms with Gasteiger partial charge < -0.3 is 14.6 Å². The van der Waals surface area contributed by atoms with Crippen LogP contribution in [0.3, 0.4) is 0 Å². The van der Waals surface area contributed by atoms with E-state index in [1.54, 1.807) is 43.0 Å². The molecule has 1 aliphatic heterocycles. The second kappa shape index (κ2) is 9.07. The number of nitrogens with zero attached hydrogens (tertiary/aromatic N) is 4. The number of ketones is 1. The number of imidazole rings is 1. The summed E-state index contributed by atoms with van der Waals surface area (Å²) in [5.41, 5.74) is 1.79. The molecule has 9 heteroatoms. The van der Waals surface area contributed by atoms with Crippen LogP contribution in [-0.4, -0.2) is 42.7 Å². The first-order chi connectivity index (χ1) is 15.9. The van der Waals surface area contributed by atoms with E-state index in [0.29, 0.717) is 24.1 Å². The standard InChI is InChI=1S/C24H22N4O5/c1-16-3-5-18(6-4-16)22(29)20-21(17-7-9-19(10-8-17)28(32)33)27(24(31)23(20)30)13-2-12-26-14-11-25-15-26/h3-11,14-15,21,29H,2,12-13H2,1H3/t21-/m1/s1. The molecule has 1 aromatic heterocycles. The number of non-ortho nitro benzene ring substituents is 1. The number of amides is 1. The van der Waals surface area contributed by atoms with Crippen molar-refractivity contribution in [1.29, 1.82) is 0 Å². The molecule has 1 amide bonds. The zero-order valence-corrected chi connectivity index (χ0v) is 17.9. The summed E-state index contributed by atoms with van der Waals surface area (Å²) in [5, 5.41) is 22.1. The van der Waals surface area contributed by atoms with Crippen LogP contribution in [0.15, 0.2) is 72.8 Å². The molecule has 1 fully saturated rings. The van der Waals surface area contributed by atoms with Crippen LogP contribution in [0.2, 0.25) is 0 Å². The van der Waals surface area contributed by atoms with E-state index in [9.17, 15) is 24.8 Å². The van der Waals surface area contributed by atoms with Gasteiger partial charge in [0.1, 0.15) is 5.76 Å². The molecule has 33 heavy (non-hydrogen) atoms. The van der Waals surface area contributed by atoms with Crippen LogP contribution in [0.25, 0.3) is 5.76 Å². The number of nitro benzene ring substituents is 1. The molecule has 2 aromatic carbocycles. The topological polar surface area (TPSA) is 119 Å². The lowest BCUT2D eigenvalue weighted by atomic mass is 9.95. The molecule has 0 unspecified atom stereocenters. The van der Waals surface area contributed by atoms with Crippen LogP contribution in [0.5, 0.6) is 0 Å².